The molecule has 3 aromatic rings. The monoisotopic (exact) mass is 398 g/mol. The van der Waals surface area contributed by atoms with Gasteiger partial charge in [0.1, 0.15) is 5.65 Å². The first-order valence-corrected chi connectivity index (χ1v) is 11.0. The molecule has 0 aliphatic carbocycles. The SMILES string of the molecule is Cc1ccccc1S(=O)(=O)N1CCC(C)C(N(C)c2ccnc3[nH]ccc23)C1. The Morgan fingerprint density at radius 1 is 1.21 bits per heavy atom. The number of aryl methyl sites for hydroxylation is 1. The van der Waals surface area contributed by atoms with E-state index in [1.807, 2.05) is 44.4 Å². The number of rotatable bonds is 4. The number of aromatic amines is 1. The van der Waals surface area contributed by atoms with Crippen molar-refractivity contribution in [2.75, 3.05) is 25.0 Å². The standard InChI is InChI=1S/C21H26N4O2S/c1-15-10-13-25(28(26,27)20-7-5-4-6-16(20)2)14-19(15)24(3)18-9-12-23-21-17(18)8-11-22-21/h4-9,11-12,15,19H,10,13-14H2,1-3H3,(H,22,23). The number of hydrogen-bond acceptors (Lipinski definition) is 4. The zero-order valence-electron chi connectivity index (χ0n) is 16.5. The zero-order chi connectivity index (χ0) is 19.9. The normalized spacial score (nSPS) is 21.1. The van der Waals surface area contributed by atoms with E-state index in [2.05, 4.69) is 21.8 Å². The molecule has 6 nitrogen and oxygen atoms in total. The van der Waals surface area contributed by atoms with E-state index >= 15 is 0 Å². The lowest BCUT2D eigenvalue weighted by Crippen LogP contribution is -2.52. The Kier molecular flexibility index (Phi) is 4.89. The van der Waals surface area contributed by atoms with Gasteiger partial charge in [-0.1, -0.05) is 25.1 Å². The fourth-order valence-corrected chi connectivity index (χ4v) is 5.86. The van der Waals surface area contributed by atoms with Gasteiger partial charge in [-0.2, -0.15) is 4.31 Å². The summed E-state index contributed by atoms with van der Waals surface area (Å²) in [6, 6.07) is 11.3. The molecule has 1 N–H and O–H groups in total. The number of hydrogen-bond donors (Lipinski definition) is 1. The molecule has 0 saturated carbocycles. The van der Waals surface area contributed by atoms with E-state index < -0.39 is 10.0 Å². The Balaban J connectivity index is 1.65. The second-order valence-corrected chi connectivity index (χ2v) is 9.55. The van der Waals surface area contributed by atoms with Crippen molar-refractivity contribution < 1.29 is 8.42 Å². The Bertz CT molecular complexity index is 1090. The number of likely N-dealkylation sites (N-methyl/N-ethyl adjacent to an activating group) is 1. The molecule has 1 aliphatic rings. The van der Waals surface area contributed by atoms with Crippen LogP contribution in [-0.2, 0) is 10.0 Å². The van der Waals surface area contributed by atoms with Crippen LogP contribution in [0, 0.1) is 12.8 Å². The highest BCUT2D eigenvalue weighted by atomic mass is 32.2. The number of sulfonamides is 1. The Labute approximate surface area is 166 Å². The van der Waals surface area contributed by atoms with Crippen LogP contribution in [-0.4, -0.2) is 48.9 Å². The van der Waals surface area contributed by atoms with E-state index in [0.717, 1.165) is 28.7 Å². The zero-order valence-corrected chi connectivity index (χ0v) is 17.3. The lowest BCUT2D eigenvalue weighted by molar-refractivity contribution is 0.247. The predicted molar refractivity (Wildman–Crippen MR) is 112 cm³/mol. The second-order valence-electron chi connectivity index (χ2n) is 7.64. The molecular formula is C21H26N4O2S. The lowest BCUT2D eigenvalue weighted by Gasteiger charge is -2.42. The first-order valence-electron chi connectivity index (χ1n) is 9.60. The third kappa shape index (κ3) is 3.18. The maximum Gasteiger partial charge on any atom is 0.243 e. The van der Waals surface area contributed by atoms with Gasteiger partial charge in [0.05, 0.1) is 4.90 Å². The average molecular weight is 399 g/mol. The van der Waals surface area contributed by atoms with E-state index in [4.69, 9.17) is 0 Å². The minimum Gasteiger partial charge on any atom is -0.369 e. The van der Waals surface area contributed by atoms with Gasteiger partial charge in [-0.25, -0.2) is 13.4 Å². The van der Waals surface area contributed by atoms with Crippen molar-refractivity contribution in [1.29, 1.82) is 0 Å². The van der Waals surface area contributed by atoms with E-state index in [1.54, 1.807) is 22.6 Å². The Hall–Kier alpha value is -2.38. The molecule has 1 fully saturated rings. The van der Waals surface area contributed by atoms with Crippen LogP contribution in [0.3, 0.4) is 0 Å². The van der Waals surface area contributed by atoms with E-state index in [1.165, 1.54) is 0 Å². The number of aromatic nitrogens is 2. The molecule has 0 bridgehead atoms. The molecule has 0 radical (unpaired) electrons. The molecule has 2 aromatic heterocycles. The van der Waals surface area contributed by atoms with Crippen LogP contribution in [0.5, 0.6) is 0 Å². The summed E-state index contributed by atoms with van der Waals surface area (Å²) in [4.78, 5) is 10.1. The molecule has 1 saturated heterocycles. The topological polar surface area (TPSA) is 69.3 Å². The number of benzene rings is 1. The molecular weight excluding hydrogens is 372 g/mol. The predicted octanol–water partition coefficient (Wildman–Crippen LogP) is 3.41. The highest BCUT2D eigenvalue weighted by molar-refractivity contribution is 7.89. The van der Waals surface area contributed by atoms with Gasteiger partial charge in [-0.05, 0) is 43.0 Å². The summed E-state index contributed by atoms with van der Waals surface area (Å²) in [5, 5.41) is 1.05. The lowest BCUT2D eigenvalue weighted by atomic mass is 9.93. The van der Waals surface area contributed by atoms with Crippen LogP contribution in [0.1, 0.15) is 18.9 Å². The van der Waals surface area contributed by atoms with Gasteiger partial charge in [-0.15, -0.1) is 0 Å². The van der Waals surface area contributed by atoms with Crippen molar-refractivity contribution in [1.82, 2.24) is 14.3 Å². The van der Waals surface area contributed by atoms with Crippen LogP contribution < -0.4 is 4.90 Å². The van der Waals surface area contributed by atoms with Gasteiger partial charge in [0.2, 0.25) is 10.0 Å². The van der Waals surface area contributed by atoms with Crippen molar-refractivity contribution in [3.05, 3.63) is 54.4 Å². The molecule has 1 aromatic carbocycles. The molecule has 1 aliphatic heterocycles. The first kappa shape index (κ1) is 19.0. The van der Waals surface area contributed by atoms with Gasteiger partial charge in [0.15, 0.2) is 0 Å². The molecule has 4 rings (SSSR count). The van der Waals surface area contributed by atoms with Gasteiger partial charge < -0.3 is 9.88 Å². The van der Waals surface area contributed by atoms with Crippen LogP contribution in [0.2, 0.25) is 0 Å². The van der Waals surface area contributed by atoms with E-state index in [9.17, 15) is 8.42 Å². The maximum atomic E-state index is 13.3. The molecule has 7 heteroatoms. The van der Waals surface area contributed by atoms with Crippen LogP contribution in [0.15, 0.2) is 53.7 Å². The summed E-state index contributed by atoms with van der Waals surface area (Å²) in [6.45, 7) is 5.08. The Morgan fingerprint density at radius 2 is 2.00 bits per heavy atom. The minimum atomic E-state index is -3.51. The number of anilines is 1. The second kappa shape index (κ2) is 7.22. The first-order chi connectivity index (χ1) is 13.4. The highest BCUT2D eigenvalue weighted by Gasteiger charge is 2.36. The number of pyridine rings is 1. The smallest absolute Gasteiger partial charge is 0.243 e. The van der Waals surface area contributed by atoms with Gasteiger partial charge in [-0.3, -0.25) is 0 Å². The van der Waals surface area contributed by atoms with Crippen LogP contribution >= 0.6 is 0 Å². The van der Waals surface area contributed by atoms with Crippen molar-refractivity contribution in [2.45, 2.75) is 31.2 Å². The summed E-state index contributed by atoms with van der Waals surface area (Å²) in [5.41, 5.74) is 2.70. The van der Waals surface area contributed by atoms with Crippen molar-refractivity contribution in [2.24, 2.45) is 5.92 Å². The number of piperidine rings is 1. The summed E-state index contributed by atoms with van der Waals surface area (Å²) in [5.74, 6) is 0.385. The summed E-state index contributed by atoms with van der Waals surface area (Å²) in [6.07, 6.45) is 4.51. The van der Waals surface area contributed by atoms with Crippen molar-refractivity contribution in [3.8, 4) is 0 Å². The van der Waals surface area contributed by atoms with Crippen molar-refractivity contribution in [3.63, 3.8) is 0 Å². The van der Waals surface area contributed by atoms with E-state index in [-0.39, 0.29) is 6.04 Å². The van der Waals surface area contributed by atoms with E-state index in [0.29, 0.717) is 23.9 Å². The molecule has 2 unspecified atom stereocenters. The third-order valence-corrected chi connectivity index (χ3v) is 7.93. The van der Waals surface area contributed by atoms with Gasteiger partial charge in [0, 0.05) is 49.6 Å². The minimum absolute atomic E-state index is 0.0908. The highest BCUT2D eigenvalue weighted by Crippen LogP contribution is 2.32. The largest absolute Gasteiger partial charge is 0.369 e. The number of H-pyrrole nitrogens is 1. The van der Waals surface area contributed by atoms with Crippen LogP contribution in [0.4, 0.5) is 5.69 Å². The number of nitrogens with zero attached hydrogens (tertiary/aromatic N) is 3. The molecule has 0 amide bonds. The van der Waals surface area contributed by atoms with Crippen molar-refractivity contribution >= 4 is 26.7 Å². The number of fused-ring (bicyclic) bond motifs is 1. The summed E-state index contributed by atoms with van der Waals surface area (Å²) >= 11 is 0. The third-order valence-electron chi connectivity index (χ3n) is 5.91. The summed E-state index contributed by atoms with van der Waals surface area (Å²) < 4.78 is 28.2. The number of nitrogens with one attached hydrogen (secondary N) is 1. The Morgan fingerprint density at radius 3 is 2.79 bits per heavy atom. The van der Waals surface area contributed by atoms with Crippen LogP contribution in [0.25, 0.3) is 11.0 Å². The van der Waals surface area contributed by atoms with Gasteiger partial charge >= 0.3 is 0 Å². The molecule has 28 heavy (non-hydrogen) atoms. The fourth-order valence-electron chi connectivity index (χ4n) is 4.16. The molecule has 2 atom stereocenters. The molecule has 148 valence electrons. The quantitative estimate of drug-likeness (QED) is 0.731. The molecule has 0 spiro atoms. The molecule has 3 heterocycles. The maximum absolute atomic E-state index is 13.3. The summed E-state index contributed by atoms with van der Waals surface area (Å²) in [7, 11) is -1.46. The van der Waals surface area contributed by atoms with Gasteiger partial charge in [0.25, 0.3) is 0 Å². The fraction of sp³-hybridized carbons (Fsp3) is 0.381. The average Bonchev–Trinajstić information content (AvgIpc) is 3.16.